The van der Waals surface area contributed by atoms with Crippen LogP contribution in [0.25, 0.3) is 0 Å². The maximum absolute atomic E-state index is 10.5. The number of non-ortho nitro benzene ring substituents is 1. The predicted molar refractivity (Wildman–Crippen MR) is 63.1 cm³/mol. The van der Waals surface area contributed by atoms with Gasteiger partial charge in [-0.25, -0.2) is 0 Å². The number of benzene rings is 1. The van der Waals surface area contributed by atoms with Crippen molar-refractivity contribution in [3.8, 4) is 11.5 Å². The molecule has 1 aromatic carbocycles. The van der Waals surface area contributed by atoms with Crippen molar-refractivity contribution in [2.75, 3.05) is 6.61 Å². The lowest BCUT2D eigenvalue weighted by molar-refractivity contribution is -0.385. The summed E-state index contributed by atoms with van der Waals surface area (Å²) in [6, 6.07) is 3.13. The summed E-state index contributed by atoms with van der Waals surface area (Å²) in [5.74, 6) is -0.651. The molecule has 1 fully saturated rings. The number of phenols is 1. The molecule has 1 saturated heterocycles. The van der Waals surface area contributed by atoms with Gasteiger partial charge in [-0.3, -0.25) is 10.1 Å². The highest BCUT2D eigenvalue weighted by molar-refractivity contribution is 5.47. The van der Waals surface area contributed by atoms with E-state index in [1.54, 1.807) is 0 Å². The van der Waals surface area contributed by atoms with Crippen LogP contribution in [-0.4, -0.2) is 56.6 Å². The number of phenolic OH excluding ortho intramolecular Hbond substituents is 1. The third-order valence-electron chi connectivity index (χ3n) is 2.90. The minimum absolute atomic E-state index is 0.148. The van der Waals surface area contributed by atoms with E-state index in [0.717, 1.165) is 18.2 Å². The van der Waals surface area contributed by atoms with E-state index in [9.17, 15) is 25.4 Å². The molecule has 9 heteroatoms. The van der Waals surface area contributed by atoms with Crippen molar-refractivity contribution >= 4 is 5.69 Å². The van der Waals surface area contributed by atoms with Crippen LogP contribution in [0.1, 0.15) is 0 Å². The Morgan fingerprint density at radius 1 is 1.35 bits per heavy atom. The molecule has 4 atom stereocenters. The van der Waals surface area contributed by atoms with Crippen molar-refractivity contribution < 1.29 is 34.8 Å². The summed E-state index contributed by atoms with van der Waals surface area (Å²) in [7, 11) is 0. The molecule has 20 heavy (non-hydrogen) atoms. The summed E-state index contributed by atoms with van der Waals surface area (Å²) in [5.41, 5.74) is -0.323. The summed E-state index contributed by atoms with van der Waals surface area (Å²) < 4.78 is 10.2. The van der Waals surface area contributed by atoms with Crippen LogP contribution in [0.3, 0.4) is 0 Å². The molecule has 1 heterocycles. The molecule has 0 amide bonds. The minimum Gasteiger partial charge on any atom is -0.504 e. The van der Waals surface area contributed by atoms with Crippen molar-refractivity contribution in [1.29, 1.82) is 0 Å². The number of hydrogen-bond acceptors (Lipinski definition) is 8. The Labute approximate surface area is 112 Å². The number of aliphatic hydroxyl groups is 3. The van der Waals surface area contributed by atoms with Crippen LogP contribution in [-0.2, 0) is 4.74 Å². The maximum atomic E-state index is 10.5. The van der Waals surface area contributed by atoms with E-state index < -0.39 is 41.9 Å². The lowest BCUT2D eigenvalue weighted by Gasteiger charge is -2.17. The molecule has 2 rings (SSSR count). The van der Waals surface area contributed by atoms with Crippen LogP contribution < -0.4 is 4.74 Å². The first-order valence-electron chi connectivity index (χ1n) is 5.70. The number of nitrogens with zero attached hydrogens (tertiary/aromatic N) is 1. The van der Waals surface area contributed by atoms with Gasteiger partial charge in [0.25, 0.3) is 5.69 Å². The number of rotatable bonds is 4. The van der Waals surface area contributed by atoms with Crippen molar-refractivity contribution in [2.45, 2.75) is 24.6 Å². The molecule has 9 nitrogen and oxygen atoms in total. The van der Waals surface area contributed by atoms with E-state index in [1.165, 1.54) is 0 Å². The molecule has 0 spiro atoms. The molecule has 0 bridgehead atoms. The van der Waals surface area contributed by atoms with Crippen LogP contribution in [0.2, 0.25) is 0 Å². The highest BCUT2D eigenvalue weighted by Crippen LogP contribution is 2.33. The largest absolute Gasteiger partial charge is 0.504 e. The average molecular weight is 287 g/mol. The monoisotopic (exact) mass is 287 g/mol. The van der Waals surface area contributed by atoms with E-state index >= 15 is 0 Å². The zero-order valence-corrected chi connectivity index (χ0v) is 10.1. The molecule has 0 aliphatic carbocycles. The van der Waals surface area contributed by atoms with Gasteiger partial charge in [0.2, 0.25) is 6.29 Å². The Morgan fingerprint density at radius 2 is 2.05 bits per heavy atom. The lowest BCUT2D eigenvalue weighted by Crippen LogP contribution is -2.35. The van der Waals surface area contributed by atoms with E-state index in [0.29, 0.717) is 0 Å². The summed E-state index contributed by atoms with van der Waals surface area (Å²) >= 11 is 0. The molecule has 4 N–H and O–H groups in total. The molecular formula is C11H13NO8. The van der Waals surface area contributed by atoms with Crippen LogP contribution in [0.4, 0.5) is 5.69 Å². The summed E-state index contributed by atoms with van der Waals surface area (Å²) in [5, 5.41) is 48.2. The van der Waals surface area contributed by atoms with E-state index in [2.05, 4.69) is 0 Å². The molecule has 0 saturated carbocycles. The zero-order chi connectivity index (χ0) is 14.9. The highest BCUT2D eigenvalue weighted by Gasteiger charge is 2.44. The summed E-state index contributed by atoms with van der Waals surface area (Å²) in [4.78, 5) is 9.83. The SMILES string of the molecule is O=[N+]([O-])c1ccc(O[C@@H]2O[C@@H](CO)[C@H](O)[C@H]2O)c(O)c1. The van der Waals surface area contributed by atoms with E-state index in [-0.39, 0.29) is 11.4 Å². The third-order valence-corrected chi connectivity index (χ3v) is 2.90. The fraction of sp³-hybridized carbons (Fsp3) is 0.455. The van der Waals surface area contributed by atoms with Crippen LogP contribution >= 0.6 is 0 Å². The summed E-state index contributed by atoms with van der Waals surface area (Å²) in [6.07, 6.45) is -5.04. The predicted octanol–water partition coefficient (Wildman–Crippen LogP) is -0.882. The molecule has 1 aliphatic rings. The van der Waals surface area contributed by atoms with E-state index in [1.807, 2.05) is 0 Å². The molecule has 0 aromatic heterocycles. The second-order valence-corrected chi connectivity index (χ2v) is 4.23. The normalized spacial score (nSPS) is 29.4. The first-order chi connectivity index (χ1) is 9.43. The number of nitro benzene ring substituents is 1. The minimum atomic E-state index is -1.42. The molecular weight excluding hydrogens is 274 g/mol. The smallest absolute Gasteiger partial charge is 0.273 e. The number of ether oxygens (including phenoxy) is 2. The van der Waals surface area contributed by atoms with Gasteiger partial charge in [0, 0.05) is 6.07 Å². The molecule has 110 valence electrons. The fourth-order valence-corrected chi connectivity index (χ4v) is 1.81. The third kappa shape index (κ3) is 2.65. The number of aliphatic hydroxyl groups excluding tert-OH is 3. The Balaban J connectivity index is 2.13. The average Bonchev–Trinajstić information content (AvgIpc) is 2.68. The Hall–Kier alpha value is -1.94. The van der Waals surface area contributed by atoms with Gasteiger partial charge in [-0.2, -0.15) is 0 Å². The Kier molecular flexibility index (Phi) is 4.04. The quantitative estimate of drug-likeness (QED) is 0.413. The number of nitro groups is 1. The molecule has 1 aliphatic heterocycles. The lowest BCUT2D eigenvalue weighted by atomic mass is 10.1. The van der Waals surface area contributed by atoms with Gasteiger partial charge in [-0.15, -0.1) is 0 Å². The van der Waals surface area contributed by atoms with Crippen LogP contribution in [0.15, 0.2) is 18.2 Å². The van der Waals surface area contributed by atoms with Gasteiger partial charge in [0.05, 0.1) is 17.6 Å². The van der Waals surface area contributed by atoms with Gasteiger partial charge < -0.3 is 29.9 Å². The van der Waals surface area contributed by atoms with Gasteiger partial charge in [-0.05, 0) is 6.07 Å². The Bertz CT molecular complexity index is 507. The van der Waals surface area contributed by atoms with Crippen molar-refractivity contribution in [3.63, 3.8) is 0 Å². The van der Waals surface area contributed by atoms with Crippen molar-refractivity contribution in [2.24, 2.45) is 0 Å². The van der Waals surface area contributed by atoms with Gasteiger partial charge in [0.15, 0.2) is 11.5 Å². The number of hydrogen-bond donors (Lipinski definition) is 4. The molecule has 0 radical (unpaired) electrons. The second-order valence-electron chi connectivity index (χ2n) is 4.23. The van der Waals surface area contributed by atoms with Crippen LogP contribution in [0, 0.1) is 10.1 Å². The van der Waals surface area contributed by atoms with E-state index in [4.69, 9.17) is 14.6 Å². The van der Waals surface area contributed by atoms with Gasteiger partial charge in [-0.1, -0.05) is 0 Å². The second kappa shape index (κ2) is 5.59. The van der Waals surface area contributed by atoms with Crippen molar-refractivity contribution in [1.82, 2.24) is 0 Å². The molecule has 1 aromatic rings. The zero-order valence-electron chi connectivity index (χ0n) is 10.1. The first-order valence-corrected chi connectivity index (χ1v) is 5.70. The maximum Gasteiger partial charge on any atom is 0.273 e. The highest BCUT2D eigenvalue weighted by atomic mass is 16.7. The van der Waals surface area contributed by atoms with Crippen LogP contribution in [0.5, 0.6) is 11.5 Å². The number of aromatic hydroxyl groups is 1. The van der Waals surface area contributed by atoms with Gasteiger partial charge >= 0.3 is 0 Å². The first kappa shape index (κ1) is 14.5. The summed E-state index contributed by atoms with van der Waals surface area (Å²) in [6.45, 7) is -0.510. The topological polar surface area (TPSA) is 143 Å². The Morgan fingerprint density at radius 3 is 2.55 bits per heavy atom. The van der Waals surface area contributed by atoms with Gasteiger partial charge in [0.1, 0.15) is 18.3 Å². The standard InChI is InChI=1S/C11H13NO8/c13-4-8-9(15)10(16)11(20-8)19-7-2-1-5(12(17)18)3-6(7)14/h1-3,8-11,13-16H,4H2/t8-,9-,10+,11+/m0/s1. The fourth-order valence-electron chi connectivity index (χ4n) is 1.81. The molecule has 0 unspecified atom stereocenters. The van der Waals surface area contributed by atoms with Crippen molar-refractivity contribution in [3.05, 3.63) is 28.3 Å².